The highest BCUT2D eigenvalue weighted by Crippen LogP contribution is 2.34. The van der Waals surface area contributed by atoms with Gasteiger partial charge in [-0.2, -0.15) is 0 Å². The molecule has 1 aliphatic heterocycles. The minimum atomic E-state index is -1.35. The van der Waals surface area contributed by atoms with E-state index in [0.717, 1.165) is 13.1 Å². The molecule has 2 unspecified atom stereocenters. The molecular formula is C22H35BN2O4. The summed E-state index contributed by atoms with van der Waals surface area (Å²) in [6, 6.07) is 8.03. The summed E-state index contributed by atoms with van der Waals surface area (Å²) in [5, 5.41) is 28.3. The molecule has 0 radical (unpaired) electrons. The van der Waals surface area contributed by atoms with E-state index in [1.807, 2.05) is 12.1 Å². The number of carboxylic acid groups (broad SMARTS) is 1. The van der Waals surface area contributed by atoms with Crippen molar-refractivity contribution < 1.29 is 19.9 Å². The molecule has 5 N–H and O–H groups in total. The van der Waals surface area contributed by atoms with Gasteiger partial charge in [0.2, 0.25) is 0 Å². The summed E-state index contributed by atoms with van der Waals surface area (Å²) in [5.74, 6) is -0.348. The fourth-order valence-electron chi connectivity index (χ4n) is 5.14. The summed E-state index contributed by atoms with van der Waals surface area (Å²) in [4.78, 5) is 14.7. The van der Waals surface area contributed by atoms with Crippen molar-refractivity contribution in [1.82, 2.24) is 4.90 Å². The largest absolute Gasteiger partial charge is 0.480 e. The van der Waals surface area contributed by atoms with Crippen LogP contribution < -0.4 is 5.73 Å². The fourth-order valence-corrected chi connectivity index (χ4v) is 5.14. The molecule has 160 valence electrons. The summed E-state index contributed by atoms with van der Waals surface area (Å²) in [5.41, 5.74) is 7.74. The first-order valence-electron chi connectivity index (χ1n) is 11.1. The van der Waals surface area contributed by atoms with Gasteiger partial charge in [-0.25, -0.2) is 0 Å². The van der Waals surface area contributed by atoms with E-state index in [1.54, 1.807) is 0 Å². The fraction of sp³-hybridized carbons (Fsp3) is 0.682. The molecule has 1 aliphatic carbocycles. The minimum absolute atomic E-state index is 0.245. The van der Waals surface area contributed by atoms with Crippen LogP contribution in [0.15, 0.2) is 24.3 Å². The zero-order valence-corrected chi connectivity index (χ0v) is 17.3. The van der Waals surface area contributed by atoms with Crippen LogP contribution in [0.25, 0.3) is 0 Å². The van der Waals surface area contributed by atoms with Gasteiger partial charge in [-0.15, -0.1) is 0 Å². The van der Waals surface area contributed by atoms with Gasteiger partial charge in [0.15, 0.2) is 0 Å². The smallest absolute Gasteiger partial charge is 0.451 e. The van der Waals surface area contributed by atoms with E-state index in [1.165, 1.54) is 43.2 Å². The molecular weight excluding hydrogens is 367 g/mol. The maximum atomic E-state index is 12.3. The zero-order valence-electron chi connectivity index (χ0n) is 17.3. The Morgan fingerprint density at radius 3 is 2.48 bits per heavy atom. The molecule has 0 saturated heterocycles. The van der Waals surface area contributed by atoms with Crippen LogP contribution in [-0.4, -0.2) is 51.3 Å². The molecule has 7 heteroatoms. The molecule has 0 amide bonds. The van der Waals surface area contributed by atoms with Crippen molar-refractivity contribution in [3.8, 4) is 0 Å². The number of nitrogens with two attached hydrogens (primary N) is 1. The van der Waals surface area contributed by atoms with Gasteiger partial charge in [-0.1, -0.05) is 56.4 Å². The van der Waals surface area contributed by atoms with Crippen molar-refractivity contribution in [3.63, 3.8) is 0 Å². The molecule has 1 saturated carbocycles. The van der Waals surface area contributed by atoms with Crippen molar-refractivity contribution in [1.29, 1.82) is 0 Å². The summed E-state index contributed by atoms with van der Waals surface area (Å²) < 4.78 is 0. The molecule has 0 spiro atoms. The predicted molar refractivity (Wildman–Crippen MR) is 114 cm³/mol. The highest BCUT2D eigenvalue weighted by atomic mass is 16.4. The Bertz CT molecular complexity index is 681. The standard InChI is InChI=1S/C22H35BN2O4/c24-22(21(26)27,12-6-7-13-23(28)29)20-14-18-10-4-5-11-19(18)16-25(20)15-17-8-2-1-3-9-17/h4-5,10-11,17,20,28-29H,1-3,6-9,12-16,24H2,(H,26,27). The highest BCUT2D eigenvalue weighted by Gasteiger charge is 2.46. The quantitative estimate of drug-likeness (QED) is 0.373. The van der Waals surface area contributed by atoms with Crippen molar-refractivity contribution >= 4 is 13.1 Å². The Kier molecular flexibility index (Phi) is 7.74. The van der Waals surface area contributed by atoms with Crippen LogP contribution in [0.4, 0.5) is 0 Å². The molecule has 29 heavy (non-hydrogen) atoms. The van der Waals surface area contributed by atoms with Crippen LogP contribution in [0.3, 0.4) is 0 Å². The lowest BCUT2D eigenvalue weighted by Crippen LogP contribution is -2.65. The number of unbranched alkanes of at least 4 members (excludes halogenated alkanes) is 1. The molecule has 1 heterocycles. The molecule has 0 bridgehead atoms. The summed E-state index contributed by atoms with van der Waals surface area (Å²) in [6.07, 6.45) is 8.59. The average molecular weight is 402 g/mol. The monoisotopic (exact) mass is 402 g/mol. The van der Waals surface area contributed by atoms with Crippen LogP contribution >= 0.6 is 0 Å². The number of rotatable bonds is 9. The lowest BCUT2D eigenvalue weighted by Gasteiger charge is -2.46. The molecule has 2 aliphatic rings. The predicted octanol–water partition coefficient (Wildman–Crippen LogP) is 2.42. The number of fused-ring (bicyclic) bond motifs is 1. The van der Waals surface area contributed by atoms with E-state index in [2.05, 4.69) is 17.0 Å². The second-order valence-electron chi connectivity index (χ2n) is 8.99. The molecule has 6 nitrogen and oxygen atoms in total. The molecule has 1 aromatic rings. The maximum Gasteiger partial charge on any atom is 0.451 e. The van der Waals surface area contributed by atoms with Gasteiger partial charge < -0.3 is 20.9 Å². The lowest BCUT2D eigenvalue weighted by atomic mass is 9.76. The van der Waals surface area contributed by atoms with Crippen molar-refractivity contribution in [2.24, 2.45) is 11.7 Å². The van der Waals surface area contributed by atoms with E-state index in [4.69, 9.17) is 15.8 Å². The average Bonchev–Trinajstić information content (AvgIpc) is 2.71. The summed E-state index contributed by atoms with van der Waals surface area (Å²) >= 11 is 0. The molecule has 0 aromatic heterocycles. The third-order valence-electron chi connectivity index (χ3n) is 6.86. The van der Waals surface area contributed by atoms with E-state index in [9.17, 15) is 9.90 Å². The summed E-state index contributed by atoms with van der Waals surface area (Å²) in [7, 11) is -1.35. The van der Waals surface area contributed by atoms with E-state index in [-0.39, 0.29) is 12.4 Å². The first-order chi connectivity index (χ1) is 13.9. The molecule has 1 aromatic carbocycles. The van der Waals surface area contributed by atoms with Gasteiger partial charge in [0.05, 0.1) is 0 Å². The second-order valence-corrected chi connectivity index (χ2v) is 8.99. The first kappa shape index (κ1) is 22.3. The second kappa shape index (κ2) is 10.1. The molecule has 3 rings (SSSR count). The van der Waals surface area contributed by atoms with E-state index in [0.29, 0.717) is 31.6 Å². The van der Waals surface area contributed by atoms with Crippen molar-refractivity contribution in [3.05, 3.63) is 35.4 Å². The summed E-state index contributed by atoms with van der Waals surface area (Å²) in [6.45, 7) is 1.65. The van der Waals surface area contributed by atoms with Crippen molar-refractivity contribution in [2.75, 3.05) is 6.54 Å². The number of hydrogen-bond donors (Lipinski definition) is 4. The van der Waals surface area contributed by atoms with E-state index < -0.39 is 18.6 Å². The Morgan fingerprint density at radius 2 is 1.83 bits per heavy atom. The lowest BCUT2D eigenvalue weighted by molar-refractivity contribution is -0.147. The van der Waals surface area contributed by atoms with Crippen LogP contribution in [-0.2, 0) is 17.8 Å². The number of benzene rings is 1. The zero-order chi connectivity index (χ0) is 20.9. The highest BCUT2D eigenvalue weighted by molar-refractivity contribution is 6.40. The molecule has 1 fully saturated rings. The Labute approximate surface area is 174 Å². The normalized spacial score (nSPS) is 22.7. The Hall–Kier alpha value is -1.41. The van der Waals surface area contributed by atoms with Crippen molar-refractivity contribution in [2.45, 2.75) is 82.2 Å². The van der Waals surface area contributed by atoms with Gasteiger partial charge in [-0.3, -0.25) is 9.69 Å². The van der Waals surface area contributed by atoms with Crippen LogP contribution in [0, 0.1) is 5.92 Å². The molecule has 2 atom stereocenters. The van der Waals surface area contributed by atoms with Gasteiger partial charge in [0.25, 0.3) is 0 Å². The number of carboxylic acids is 1. The van der Waals surface area contributed by atoms with Crippen LogP contribution in [0.5, 0.6) is 0 Å². The number of nitrogens with zero attached hydrogens (tertiary/aromatic N) is 1. The van der Waals surface area contributed by atoms with Gasteiger partial charge >= 0.3 is 13.1 Å². The maximum absolute atomic E-state index is 12.3. The van der Waals surface area contributed by atoms with Gasteiger partial charge in [0.1, 0.15) is 5.54 Å². The van der Waals surface area contributed by atoms with E-state index >= 15 is 0 Å². The number of carbonyl (C=O) groups is 1. The Balaban J connectivity index is 1.80. The minimum Gasteiger partial charge on any atom is -0.480 e. The van der Waals surface area contributed by atoms with Crippen LogP contribution in [0.1, 0.15) is 62.5 Å². The first-order valence-corrected chi connectivity index (χ1v) is 11.1. The Morgan fingerprint density at radius 1 is 1.14 bits per heavy atom. The number of aliphatic carboxylic acids is 1. The topological polar surface area (TPSA) is 107 Å². The van der Waals surface area contributed by atoms with Gasteiger partial charge in [0, 0.05) is 19.1 Å². The third-order valence-corrected chi connectivity index (χ3v) is 6.86. The number of hydrogen-bond acceptors (Lipinski definition) is 5. The van der Waals surface area contributed by atoms with Crippen LogP contribution in [0.2, 0.25) is 6.32 Å². The van der Waals surface area contributed by atoms with Gasteiger partial charge in [-0.05, 0) is 49.0 Å². The third kappa shape index (κ3) is 5.60. The SMILES string of the molecule is NC(CCCCB(O)O)(C(=O)O)C1Cc2ccccc2CN1CC1CCCCC1.